The Kier molecular flexibility index (Phi) is 18.4. The van der Waals surface area contributed by atoms with Crippen molar-refractivity contribution >= 4 is 5.97 Å². The maximum absolute atomic E-state index is 11.9. The predicted octanol–water partition coefficient (Wildman–Crippen LogP) is 7.46. The van der Waals surface area contributed by atoms with E-state index in [0.717, 1.165) is 6.42 Å². The van der Waals surface area contributed by atoms with Gasteiger partial charge in [-0.2, -0.15) is 0 Å². The fraction of sp³-hybridized carbons (Fsp3) is 0.958. The zero-order chi connectivity index (χ0) is 20.3. The Morgan fingerprint density at radius 3 is 1.67 bits per heavy atom. The monoisotopic (exact) mass is 384 g/mol. The lowest BCUT2D eigenvalue weighted by molar-refractivity contribution is -0.152. The maximum Gasteiger partial charge on any atom is 0.308 e. The molecule has 0 aromatic carbocycles. The molecule has 0 bridgehead atoms. The van der Waals surface area contributed by atoms with Crippen LogP contribution in [0.5, 0.6) is 0 Å². The Morgan fingerprint density at radius 2 is 1.19 bits per heavy atom. The first-order valence-corrected chi connectivity index (χ1v) is 11.8. The van der Waals surface area contributed by atoms with Crippen molar-refractivity contribution in [1.82, 2.24) is 0 Å². The van der Waals surface area contributed by atoms with Gasteiger partial charge in [0.25, 0.3) is 0 Å². The fourth-order valence-electron chi connectivity index (χ4n) is 3.32. The van der Waals surface area contributed by atoms with Crippen molar-refractivity contribution in [3.05, 3.63) is 0 Å². The molecule has 1 unspecified atom stereocenters. The highest BCUT2D eigenvalue weighted by molar-refractivity contribution is 5.72. The summed E-state index contributed by atoms with van der Waals surface area (Å²) < 4.78 is 11.5. The van der Waals surface area contributed by atoms with Gasteiger partial charge in [0.2, 0.25) is 0 Å². The summed E-state index contributed by atoms with van der Waals surface area (Å²) in [5, 5.41) is 0. The summed E-state index contributed by atoms with van der Waals surface area (Å²) >= 11 is 0. The van der Waals surface area contributed by atoms with Crippen molar-refractivity contribution in [2.24, 2.45) is 5.92 Å². The minimum atomic E-state index is -0.0966. The average molecular weight is 385 g/mol. The van der Waals surface area contributed by atoms with Gasteiger partial charge in [-0.3, -0.25) is 4.79 Å². The number of unbranched alkanes of at least 4 members (excludes halogenated alkanes) is 9. The first kappa shape index (κ1) is 26.4. The first-order valence-electron chi connectivity index (χ1n) is 11.8. The molecule has 0 aliphatic heterocycles. The van der Waals surface area contributed by atoms with Gasteiger partial charge in [0.05, 0.1) is 18.1 Å². The SMILES string of the molecule is CCCCCCCCC(CCCCCCC)OCC[C@H](C)C(=O)OC(C)C. The highest BCUT2D eigenvalue weighted by atomic mass is 16.5. The van der Waals surface area contributed by atoms with Crippen LogP contribution in [-0.4, -0.2) is 24.8 Å². The van der Waals surface area contributed by atoms with Crippen molar-refractivity contribution in [3.63, 3.8) is 0 Å². The minimum Gasteiger partial charge on any atom is -0.463 e. The molecule has 0 aliphatic rings. The normalized spacial score (nSPS) is 13.7. The minimum absolute atomic E-state index is 0.0376. The summed E-state index contributed by atoms with van der Waals surface area (Å²) in [4.78, 5) is 11.9. The molecule has 0 aromatic rings. The van der Waals surface area contributed by atoms with E-state index in [1.165, 1.54) is 83.5 Å². The molecule has 162 valence electrons. The summed E-state index contributed by atoms with van der Waals surface area (Å²) in [7, 11) is 0. The molecule has 0 spiro atoms. The summed E-state index contributed by atoms with van der Waals surface area (Å²) in [5.74, 6) is -0.174. The van der Waals surface area contributed by atoms with E-state index in [1.807, 2.05) is 20.8 Å². The van der Waals surface area contributed by atoms with Crippen LogP contribution in [0.2, 0.25) is 0 Å². The number of carbonyl (C=O) groups is 1. The second-order valence-corrected chi connectivity index (χ2v) is 8.43. The smallest absolute Gasteiger partial charge is 0.308 e. The Balaban J connectivity index is 4.09. The fourth-order valence-corrected chi connectivity index (χ4v) is 3.32. The molecule has 3 nitrogen and oxygen atoms in total. The number of hydrogen-bond acceptors (Lipinski definition) is 3. The van der Waals surface area contributed by atoms with Crippen molar-refractivity contribution < 1.29 is 14.3 Å². The molecule has 0 rings (SSSR count). The lowest BCUT2D eigenvalue weighted by atomic mass is 10.0. The van der Waals surface area contributed by atoms with Crippen LogP contribution in [0.25, 0.3) is 0 Å². The van der Waals surface area contributed by atoms with Crippen molar-refractivity contribution in [1.29, 1.82) is 0 Å². The summed E-state index contributed by atoms with van der Waals surface area (Å²) in [5.41, 5.74) is 0. The van der Waals surface area contributed by atoms with Crippen LogP contribution in [-0.2, 0) is 14.3 Å². The molecular formula is C24H48O3. The van der Waals surface area contributed by atoms with Gasteiger partial charge in [0, 0.05) is 6.61 Å². The van der Waals surface area contributed by atoms with Gasteiger partial charge in [0.15, 0.2) is 0 Å². The zero-order valence-electron chi connectivity index (χ0n) is 19.1. The van der Waals surface area contributed by atoms with Crippen LogP contribution in [0.4, 0.5) is 0 Å². The van der Waals surface area contributed by atoms with Crippen molar-refractivity contribution in [3.8, 4) is 0 Å². The molecule has 0 aromatic heterocycles. The molecule has 0 N–H and O–H groups in total. The molecule has 0 saturated carbocycles. The van der Waals surface area contributed by atoms with Gasteiger partial charge >= 0.3 is 5.97 Å². The predicted molar refractivity (Wildman–Crippen MR) is 116 cm³/mol. The molecule has 0 amide bonds. The van der Waals surface area contributed by atoms with Gasteiger partial charge in [-0.1, -0.05) is 91.4 Å². The standard InChI is InChI=1S/C24H48O3/c1-6-8-10-12-14-16-18-23(17-15-13-11-9-7-2)26-20-19-22(5)24(25)27-21(3)4/h21-23H,6-20H2,1-5H3/t22-,23?/m0/s1. The number of carbonyl (C=O) groups excluding carboxylic acids is 1. The van der Waals surface area contributed by atoms with Crippen LogP contribution in [0.1, 0.15) is 125 Å². The number of esters is 1. The molecular weight excluding hydrogens is 336 g/mol. The van der Waals surface area contributed by atoms with Gasteiger partial charge in [-0.05, 0) is 33.1 Å². The van der Waals surface area contributed by atoms with Gasteiger partial charge in [-0.15, -0.1) is 0 Å². The molecule has 27 heavy (non-hydrogen) atoms. The number of ether oxygens (including phenoxy) is 2. The van der Waals surface area contributed by atoms with E-state index < -0.39 is 0 Å². The molecule has 0 radical (unpaired) electrons. The first-order chi connectivity index (χ1) is 13.0. The highest BCUT2D eigenvalue weighted by Crippen LogP contribution is 2.17. The van der Waals surface area contributed by atoms with E-state index >= 15 is 0 Å². The second-order valence-electron chi connectivity index (χ2n) is 8.43. The van der Waals surface area contributed by atoms with Crippen LogP contribution in [0, 0.1) is 5.92 Å². The van der Waals surface area contributed by atoms with Gasteiger partial charge in [-0.25, -0.2) is 0 Å². The zero-order valence-corrected chi connectivity index (χ0v) is 19.1. The molecule has 3 heteroatoms. The van der Waals surface area contributed by atoms with E-state index in [-0.39, 0.29) is 18.0 Å². The van der Waals surface area contributed by atoms with E-state index in [9.17, 15) is 4.79 Å². The van der Waals surface area contributed by atoms with E-state index in [1.54, 1.807) is 0 Å². The highest BCUT2D eigenvalue weighted by Gasteiger charge is 2.17. The Bertz CT molecular complexity index is 328. The third-order valence-electron chi connectivity index (χ3n) is 5.17. The Morgan fingerprint density at radius 1 is 0.704 bits per heavy atom. The second kappa shape index (κ2) is 18.8. The summed E-state index contributed by atoms with van der Waals surface area (Å²) in [6.07, 6.45) is 18.0. The molecule has 0 saturated heterocycles. The number of rotatable bonds is 19. The van der Waals surface area contributed by atoms with Crippen molar-refractivity contribution in [2.45, 2.75) is 137 Å². The van der Waals surface area contributed by atoms with Gasteiger partial charge in [0.1, 0.15) is 0 Å². The largest absolute Gasteiger partial charge is 0.463 e. The van der Waals surface area contributed by atoms with E-state index in [2.05, 4.69) is 13.8 Å². The Hall–Kier alpha value is -0.570. The van der Waals surface area contributed by atoms with Gasteiger partial charge < -0.3 is 9.47 Å². The van der Waals surface area contributed by atoms with Crippen LogP contribution in [0.3, 0.4) is 0 Å². The maximum atomic E-state index is 11.9. The van der Waals surface area contributed by atoms with E-state index in [4.69, 9.17) is 9.47 Å². The molecule has 0 fully saturated rings. The summed E-state index contributed by atoms with van der Waals surface area (Å²) in [6, 6.07) is 0. The molecule has 0 heterocycles. The third kappa shape index (κ3) is 17.3. The third-order valence-corrected chi connectivity index (χ3v) is 5.17. The van der Waals surface area contributed by atoms with Crippen molar-refractivity contribution in [2.75, 3.05) is 6.61 Å². The van der Waals surface area contributed by atoms with E-state index in [0.29, 0.717) is 12.7 Å². The average Bonchev–Trinajstić information content (AvgIpc) is 2.63. The van der Waals surface area contributed by atoms with Crippen LogP contribution >= 0.6 is 0 Å². The lowest BCUT2D eigenvalue weighted by Crippen LogP contribution is -2.22. The molecule has 0 aliphatic carbocycles. The quantitative estimate of drug-likeness (QED) is 0.171. The van der Waals surface area contributed by atoms with Crippen LogP contribution < -0.4 is 0 Å². The molecule has 2 atom stereocenters. The van der Waals surface area contributed by atoms with Crippen LogP contribution in [0.15, 0.2) is 0 Å². The number of hydrogen-bond donors (Lipinski definition) is 0. The topological polar surface area (TPSA) is 35.5 Å². The summed E-state index contributed by atoms with van der Waals surface area (Å²) in [6.45, 7) is 10.9. The Labute approximate surface area is 170 Å². The lowest BCUT2D eigenvalue weighted by Gasteiger charge is -2.20.